The zero-order valence-corrected chi connectivity index (χ0v) is 22.5. The van der Waals surface area contributed by atoms with Crippen LogP contribution in [0, 0.1) is 53.3 Å². The second-order valence-electron chi connectivity index (χ2n) is 12.5. The van der Waals surface area contributed by atoms with E-state index < -0.39 is 0 Å². The summed E-state index contributed by atoms with van der Waals surface area (Å²) < 4.78 is 6.17. The van der Waals surface area contributed by atoms with Crippen molar-refractivity contribution in [3.8, 4) is 11.8 Å². The first kappa shape index (κ1) is 26.3. The number of hydrogen-bond acceptors (Lipinski definition) is 1. The fourth-order valence-corrected chi connectivity index (χ4v) is 7.89. The Morgan fingerprint density at radius 2 is 1.06 bits per heavy atom. The van der Waals surface area contributed by atoms with Crippen LogP contribution in [0.1, 0.15) is 129 Å². The molecule has 0 aliphatic heterocycles. The van der Waals surface area contributed by atoms with E-state index >= 15 is 0 Å². The van der Waals surface area contributed by atoms with Gasteiger partial charge < -0.3 is 4.74 Å². The Labute approximate surface area is 212 Å². The summed E-state index contributed by atoms with van der Waals surface area (Å²) in [5, 5.41) is 0. The van der Waals surface area contributed by atoms with Crippen molar-refractivity contribution in [1.29, 1.82) is 0 Å². The predicted molar refractivity (Wildman–Crippen MR) is 146 cm³/mol. The lowest BCUT2D eigenvalue weighted by atomic mass is 9.65. The van der Waals surface area contributed by atoms with Crippen LogP contribution in [0.4, 0.5) is 0 Å². The lowest BCUT2D eigenvalue weighted by molar-refractivity contribution is 0.00402. The number of unbranched alkanes of at least 4 members (excludes halogenated alkanes) is 2. The van der Waals surface area contributed by atoms with Gasteiger partial charge in [0.15, 0.2) is 0 Å². The maximum atomic E-state index is 6.17. The zero-order valence-electron chi connectivity index (χ0n) is 22.5. The van der Waals surface area contributed by atoms with Gasteiger partial charge in [0.1, 0.15) is 0 Å². The van der Waals surface area contributed by atoms with Crippen molar-refractivity contribution >= 4 is 0 Å². The summed E-state index contributed by atoms with van der Waals surface area (Å²) in [5.41, 5.74) is 0. The molecule has 4 saturated carbocycles. The lowest BCUT2D eigenvalue weighted by Gasteiger charge is -2.41. The molecule has 0 saturated heterocycles. The van der Waals surface area contributed by atoms with Gasteiger partial charge >= 0.3 is 0 Å². The summed E-state index contributed by atoms with van der Waals surface area (Å²) in [6.45, 7) is 7.25. The molecule has 0 aromatic rings. The van der Waals surface area contributed by atoms with Crippen molar-refractivity contribution in [1.82, 2.24) is 0 Å². The molecule has 1 heteroatoms. The van der Waals surface area contributed by atoms with Gasteiger partial charge in [0.2, 0.25) is 0 Å². The smallest absolute Gasteiger partial charge is 0.0575 e. The molecule has 1 nitrogen and oxygen atoms in total. The minimum Gasteiger partial charge on any atom is -0.378 e. The van der Waals surface area contributed by atoms with Crippen molar-refractivity contribution in [2.75, 3.05) is 6.61 Å². The maximum absolute atomic E-state index is 6.17. The number of rotatable bonds is 8. The topological polar surface area (TPSA) is 9.23 Å². The third kappa shape index (κ3) is 7.88. The summed E-state index contributed by atoms with van der Waals surface area (Å²) in [4.78, 5) is 0. The van der Waals surface area contributed by atoms with Crippen molar-refractivity contribution in [2.45, 2.75) is 135 Å². The Bertz CT molecular complexity index is 623. The molecule has 0 spiro atoms. The van der Waals surface area contributed by atoms with E-state index in [1.54, 1.807) is 0 Å². The van der Waals surface area contributed by atoms with Gasteiger partial charge in [0.25, 0.3) is 0 Å². The monoisotopic (exact) mass is 466 g/mol. The van der Waals surface area contributed by atoms with Gasteiger partial charge in [-0.15, -0.1) is 6.58 Å². The molecule has 0 amide bonds. The van der Waals surface area contributed by atoms with Gasteiger partial charge in [-0.25, -0.2) is 0 Å². The van der Waals surface area contributed by atoms with E-state index in [1.807, 2.05) is 0 Å². The van der Waals surface area contributed by atoms with Gasteiger partial charge in [-0.3, -0.25) is 0 Å². The average molecular weight is 467 g/mol. The standard InChI is InChI=1S/C33H54O/c1-3-5-6-25-34-33-23-21-32(22-24-33)31-19-17-30(18-20-31)29-15-13-28(14-16-29)12-11-27-9-7-26(4-2)8-10-27/h4,26-33H,2-3,5-10,13-25H2,1H3. The molecule has 4 rings (SSSR count). The van der Waals surface area contributed by atoms with E-state index in [0.29, 0.717) is 17.9 Å². The molecule has 34 heavy (non-hydrogen) atoms. The van der Waals surface area contributed by atoms with E-state index in [2.05, 4.69) is 31.4 Å². The Kier molecular flexibility index (Phi) is 10.9. The van der Waals surface area contributed by atoms with Crippen LogP contribution in [0.2, 0.25) is 0 Å². The number of hydrogen-bond donors (Lipinski definition) is 0. The van der Waals surface area contributed by atoms with Crippen LogP contribution in [0.3, 0.4) is 0 Å². The highest BCUT2D eigenvalue weighted by molar-refractivity contribution is 5.09. The third-order valence-corrected chi connectivity index (χ3v) is 10.3. The fourth-order valence-electron chi connectivity index (χ4n) is 7.89. The first-order valence-electron chi connectivity index (χ1n) is 15.5. The van der Waals surface area contributed by atoms with Crippen molar-refractivity contribution < 1.29 is 4.74 Å². The Morgan fingerprint density at radius 3 is 1.53 bits per heavy atom. The van der Waals surface area contributed by atoms with E-state index in [9.17, 15) is 0 Å². The summed E-state index contributed by atoms with van der Waals surface area (Å²) in [6.07, 6.45) is 29.1. The van der Waals surface area contributed by atoms with Crippen LogP contribution in [0.15, 0.2) is 12.7 Å². The summed E-state index contributed by atoms with van der Waals surface area (Å²) in [6, 6.07) is 0. The van der Waals surface area contributed by atoms with Gasteiger partial charge in [0, 0.05) is 18.4 Å². The van der Waals surface area contributed by atoms with Crippen LogP contribution >= 0.6 is 0 Å². The molecular weight excluding hydrogens is 412 g/mol. The molecule has 0 radical (unpaired) electrons. The highest BCUT2D eigenvalue weighted by Gasteiger charge is 2.34. The summed E-state index contributed by atoms with van der Waals surface area (Å²) in [7, 11) is 0. The summed E-state index contributed by atoms with van der Waals surface area (Å²) in [5.74, 6) is 13.6. The molecule has 0 atom stereocenters. The quantitative estimate of drug-likeness (QED) is 0.197. The molecule has 0 aromatic heterocycles. The minimum atomic E-state index is 0.574. The number of allylic oxidation sites excluding steroid dienone is 1. The molecule has 0 aromatic carbocycles. The van der Waals surface area contributed by atoms with Crippen LogP contribution in [-0.4, -0.2) is 12.7 Å². The fraction of sp³-hybridized carbons (Fsp3) is 0.879. The molecule has 0 bridgehead atoms. The Balaban J connectivity index is 1.09. The average Bonchev–Trinajstić information content (AvgIpc) is 2.91. The Morgan fingerprint density at radius 1 is 0.618 bits per heavy atom. The molecular formula is C33H54O. The maximum Gasteiger partial charge on any atom is 0.0575 e. The molecule has 4 fully saturated rings. The zero-order chi connectivity index (χ0) is 23.6. The third-order valence-electron chi connectivity index (χ3n) is 10.3. The molecule has 0 N–H and O–H groups in total. The largest absolute Gasteiger partial charge is 0.378 e. The first-order chi connectivity index (χ1) is 16.7. The molecule has 0 unspecified atom stereocenters. The van der Waals surface area contributed by atoms with Gasteiger partial charge in [-0.05, 0) is 139 Å². The van der Waals surface area contributed by atoms with E-state index in [0.717, 1.165) is 36.2 Å². The van der Waals surface area contributed by atoms with Crippen LogP contribution in [0.5, 0.6) is 0 Å². The normalized spacial score (nSPS) is 39.1. The minimum absolute atomic E-state index is 0.574. The van der Waals surface area contributed by atoms with Crippen LogP contribution in [0.25, 0.3) is 0 Å². The van der Waals surface area contributed by atoms with E-state index in [-0.39, 0.29) is 0 Å². The second-order valence-corrected chi connectivity index (χ2v) is 12.5. The highest BCUT2D eigenvalue weighted by atomic mass is 16.5. The van der Waals surface area contributed by atoms with E-state index in [4.69, 9.17) is 4.74 Å². The molecule has 192 valence electrons. The van der Waals surface area contributed by atoms with Crippen LogP contribution < -0.4 is 0 Å². The van der Waals surface area contributed by atoms with Crippen molar-refractivity contribution in [3.63, 3.8) is 0 Å². The lowest BCUT2D eigenvalue weighted by Crippen LogP contribution is -2.31. The highest BCUT2D eigenvalue weighted by Crippen LogP contribution is 2.45. The van der Waals surface area contributed by atoms with Crippen molar-refractivity contribution in [3.05, 3.63) is 12.7 Å². The van der Waals surface area contributed by atoms with Gasteiger partial charge in [0.05, 0.1) is 6.10 Å². The molecule has 4 aliphatic rings. The Hall–Kier alpha value is -0.740. The summed E-state index contributed by atoms with van der Waals surface area (Å²) >= 11 is 0. The molecule has 4 aliphatic carbocycles. The predicted octanol–water partition coefficient (Wildman–Crippen LogP) is 9.36. The second kappa shape index (κ2) is 14.1. The molecule has 0 heterocycles. The van der Waals surface area contributed by atoms with E-state index in [1.165, 1.54) is 122 Å². The SMILES string of the molecule is C=CC1CCC(C#CC2CCC(C3CCC(C4CCC(OCCCCC)CC4)CC3)CC2)CC1. The van der Waals surface area contributed by atoms with Gasteiger partial charge in [-0.2, -0.15) is 0 Å². The first-order valence-corrected chi connectivity index (χ1v) is 15.5. The van der Waals surface area contributed by atoms with Gasteiger partial charge in [-0.1, -0.05) is 37.7 Å². The van der Waals surface area contributed by atoms with Crippen LogP contribution in [-0.2, 0) is 4.74 Å². The number of ether oxygens (including phenoxy) is 1. The van der Waals surface area contributed by atoms with Crippen molar-refractivity contribution in [2.24, 2.45) is 41.4 Å².